The number of halogens is 1. The zero-order valence-electron chi connectivity index (χ0n) is 12.7. The molecule has 0 aliphatic rings. The van der Waals surface area contributed by atoms with E-state index in [-0.39, 0.29) is 5.56 Å². The fourth-order valence-corrected chi connectivity index (χ4v) is 2.36. The van der Waals surface area contributed by atoms with Gasteiger partial charge in [-0.2, -0.15) is 0 Å². The summed E-state index contributed by atoms with van der Waals surface area (Å²) in [5.74, 6) is -2.79. The van der Waals surface area contributed by atoms with Crippen LogP contribution in [0.1, 0.15) is 16.1 Å². The number of rotatable bonds is 6. The summed E-state index contributed by atoms with van der Waals surface area (Å²) in [5.41, 5.74) is 0.588. The minimum atomic E-state index is -0.815. The van der Waals surface area contributed by atoms with E-state index in [0.717, 1.165) is 11.8 Å². The number of carbonyl (C=O) groups is 3. The highest BCUT2D eigenvalue weighted by Crippen LogP contribution is 2.13. The van der Waals surface area contributed by atoms with Crippen molar-refractivity contribution in [1.29, 1.82) is 0 Å². The van der Waals surface area contributed by atoms with Gasteiger partial charge in [-0.25, -0.2) is 9.37 Å². The van der Waals surface area contributed by atoms with Crippen molar-refractivity contribution < 1.29 is 23.5 Å². The molecule has 1 aromatic heterocycles. The molecule has 2 rings (SSSR count). The molecular formula is C15H14FN3O4S. The van der Waals surface area contributed by atoms with Gasteiger partial charge in [-0.15, -0.1) is 11.3 Å². The third-order valence-corrected chi connectivity index (χ3v) is 3.62. The summed E-state index contributed by atoms with van der Waals surface area (Å²) in [5, 5.41) is 6.86. The number of ether oxygens (including phenoxy) is 1. The van der Waals surface area contributed by atoms with E-state index in [1.165, 1.54) is 29.5 Å². The number of hydrogen-bond acceptors (Lipinski definition) is 6. The quantitative estimate of drug-likeness (QED) is 0.769. The largest absolute Gasteiger partial charge is 0.454 e. The van der Waals surface area contributed by atoms with Gasteiger partial charge in [0.1, 0.15) is 12.4 Å². The van der Waals surface area contributed by atoms with Gasteiger partial charge in [0.25, 0.3) is 11.8 Å². The molecule has 0 saturated carbocycles. The van der Waals surface area contributed by atoms with Crippen LogP contribution in [-0.4, -0.2) is 35.9 Å². The summed E-state index contributed by atoms with van der Waals surface area (Å²) in [4.78, 5) is 38.8. The minimum absolute atomic E-state index is 0.179. The maximum Gasteiger partial charge on any atom is 0.325 e. The minimum Gasteiger partial charge on any atom is -0.454 e. The number of hydrogen-bond donors (Lipinski definition) is 2. The molecule has 9 heteroatoms. The lowest BCUT2D eigenvalue weighted by Crippen LogP contribution is -2.32. The number of amides is 2. The Balaban J connectivity index is 1.72. The third kappa shape index (κ3) is 5.13. The van der Waals surface area contributed by atoms with E-state index < -0.39 is 36.8 Å². The molecule has 2 amide bonds. The number of carbonyl (C=O) groups excluding carboxylic acids is 3. The van der Waals surface area contributed by atoms with Crippen LogP contribution in [0, 0.1) is 12.7 Å². The van der Waals surface area contributed by atoms with Crippen LogP contribution >= 0.6 is 11.3 Å². The summed E-state index contributed by atoms with van der Waals surface area (Å²) in [6, 6.07) is 5.38. The molecule has 0 bridgehead atoms. The van der Waals surface area contributed by atoms with Crippen LogP contribution < -0.4 is 10.6 Å². The molecule has 0 atom stereocenters. The molecule has 0 fully saturated rings. The lowest BCUT2D eigenvalue weighted by atomic mass is 10.2. The number of anilines is 1. The normalized spacial score (nSPS) is 10.1. The van der Waals surface area contributed by atoms with Crippen LogP contribution in [0.15, 0.2) is 29.6 Å². The number of aryl methyl sites for hydroxylation is 1. The standard InChI is InChI=1S/C15H14FN3O4S/c1-9-8-24-15(18-9)19-12(20)7-23-13(21)6-17-14(22)10-4-2-3-5-11(10)16/h2-5,8H,6-7H2,1H3,(H,17,22)(H,18,19,20). The molecule has 0 spiro atoms. The number of esters is 1. The summed E-state index contributed by atoms with van der Waals surface area (Å²) in [6.45, 7) is 0.800. The lowest BCUT2D eigenvalue weighted by Gasteiger charge is -2.07. The maximum atomic E-state index is 13.4. The van der Waals surface area contributed by atoms with E-state index >= 15 is 0 Å². The first-order valence-corrected chi connectivity index (χ1v) is 7.74. The van der Waals surface area contributed by atoms with Gasteiger partial charge in [0.15, 0.2) is 11.7 Å². The van der Waals surface area contributed by atoms with E-state index in [1.54, 1.807) is 12.3 Å². The van der Waals surface area contributed by atoms with Gasteiger partial charge in [0, 0.05) is 5.38 Å². The molecule has 7 nitrogen and oxygen atoms in total. The number of nitrogens with one attached hydrogen (secondary N) is 2. The third-order valence-electron chi connectivity index (χ3n) is 2.74. The van der Waals surface area contributed by atoms with Crippen LogP contribution in [0.4, 0.5) is 9.52 Å². The fraction of sp³-hybridized carbons (Fsp3) is 0.200. The Kier molecular flexibility index (Phi) is 5.96. The molecule has 0 saturated heterocycles. The van der Waals surface area contributed by atoms with Crippen molar-refractivity contribution in [1.82, 2.24) is 10.3 Å². The van der Waals surface area contributed by atoms with Crippen molar-refractivity contribution in [3.63, 3.8) is 0 Å². The Morgan fingerprint density at radius 1 is 1.29 bits per heavy atom. The first-order valence-electron chi connectivity index (χ1n) is 6.86. The highest BCUT2D eigenvalue weighted by molar-refractivity contribution is 7.13. The average molecular weight is 351 g/mol. The average Bonchev–Trinajstić information content (AvgIpc) is 2.96. The number of thiazole rings is 1. The van der Waals surface area contributed by atoms with E-state index in [2.05, 4.69) is 15.6 Å². The van der Waals surface area contributed by atoms with E-state index in [4.69, 9.17) is 4.74 Å². The Bertz CT molecular complexity index is 763. The van der Waals surface area contributed by atoms with Crippen molar-refractivity contribution in [2.24, 2.45) is 0 Å². The smallest absolute Gasteiger partial charge is 0.325 e. The molecule has 0 aliphatic heterocycles. The second kappa shape index (κ2) is 8.16. The fourth-order valence-electron chi connectivity index (χ4n) is 1.66. The molecule has 0 aliphatic carbocycles. The molecule has 126 valence electrons. The van der Waals surface area contributed by atoms with Crippen molar-refractivity contribution in [3.05, 3.63) is 46.7 Å². The second-order valence-corrected chi connectivity index (χ2v) is 5.52. The Hall–Kier alpha value is -2.81. The van der Waals surface area contributed by atoms with Crippen LogP contribution in [-0.2, 0) is 14.3 Å². The van der Waals surface area contributed by atoms with Gasteiger partial charge in [-0.3, -0.25) is 19.7 Å². The molecule has 0 unspecified atom stereocenters. The Labute approximate surface area is 140 Å². The highest BCUT2D eigenvalue weighted by Gasteiger charge is 2.14. The summed E-state index contributed by atoms with van der Waals surface area (Å²) in [6.07, 6.45) is 0. The van der Waals surface area contributed by atoms with Gasteiger partial charge in [0.05, 0.1) is 11.3 Å². The van der Waals surface area contributed by atoms with Crippen molar-refractivity contribution >= 4 is 34.3 Å². The van der Waals surface area contributed by atoms with Crippen LogP contribution in [0.3, 0.4) is 0 Å². The molecule has 2 N–H and O–H groups in total. The Morgan fingerprint density at radius 3 is 2.71 bits per heavy atom. The van der Waals surface area contributed by atoms with E-state index in [1.807, 2.05) is 0 Å². The van der Waals surface area contributed by atoms with Crippen molar-refractivity contribution in [2.45, 2.75) is 6.92 Å². The number of benzene rings is 1. The van der Waals surface area contributed by atoms with Gasteiger partial charge >= 0.3 is 5.97 Å². The molecule has 1 aromatic carbocycles. The summed E-state index contributed by atoms with van der Waals surface area (Å²) >= 11 is 1.25. The first kappa shape index (κ1) is 17.5. The van der Waals surface area contributed by atoms with Gasteiger partial charge in [-0.1, -0.05) is 12.1 Å². The molecule has 0 radical (unpaired) electrons. The zero-order valence-corrected chi connectivity index (χ0v) is 13.5. The first-order chi connectivity index (χ1) is 11.5. The number of nitrogens with zero attached hydrogens (tertiary/aromatic N) is 1. The van der Waals surface area contributed by atoms with Crippen molar-refractivity contribution in [3.8, 4) is 0 Å². The van der Waals surface area contributed by atoms with Gasteiger partial charge in [-0.05, 0) is 19.1 Å². The van der Waals surface area contributed by atoms with Crippen LogP contribution in [0.2, 0.25) is 0 Å². The van der Waals surface area contributed by atoms with Crippen LogP contribution in [0.5, 0.6) is 0 Å². The predicted octanol–water partition coefficient (Wildman–Crippen LogP) is 1.50. The maximum absolute atomic E-state index is 13.4. The van der Waals surface area contributed by atoms with E-state index in [0.29, 0.717) is 5.13 Å². The van der Waals surface area contributed by atoms with Crippen molar-refractivity contribution in [2.75, 3.05) is 18.5 Å². The van der Waals surface area contributed by atoms with Gasteiger partial charge in [0.2, 0.25) is 0 Å². The molecule has 2 aromatic rings. The van der Waals surface area contributed by atoms with E-state index in [9.17, 15) is 18.8 Å². The molecule has 24 heavy (non-hydrogen) atoms. The Morgan fingerprint density at radius 2 is 2.04 bits per heavy atom. The van der Waals surface area contributed by atoms with Crippen LogP contribution in [0.25, 0.3) is 0 Å². The van der Waals surface area contributed by atoms with Gasteiger partial charge < -0.3 is 10.1 Å². The summed E-state index contributed by atoms with van der Waals surface area (Å²) in [7, 11) is 0. The molecule has 1 heterocycles. The topological polar surface area (TPSA) is 97.4 Å². The monoisotopic (exact) mass is 351 g/mol. The zero-order chi connectivity index (χ0) is 17.5. The predicted molar refractivity (Wildman–Crippen MR) is 85.2 cm³/mol. The summed E-state index contributed by atoms with van der Waals surface area (Å²) < 4.78 is 18.1. The number of aromatic nitrogens is 1. The highest BCUT2D eigenvalue weighted by atomic mass is 32.1. The second-order valence-electron chi connectivity index (χ2n) is 4.67. The molecular weight excluding hydrogens is 337 g/mol. The SMILES string of the molecule is Cc1csc(NC(=O)COC(=O)CNC(=O)c2ccccc2F)n1. The lowest BCUT2D eigenvalue weighted by molar-refractivity contribution is -0.146.